The van der Waals surface area contributed by atoms with E-state index in [0.717, 1.165) is 30.7 Å². The van der Waals surface area contributed by atoms with Crippen molar-refractivity contribution < 1.29 is 9.53 Å². The maximum Gasteiger partial charge on any atom is 0.311 e. The van der Waals surface area contributed by atoms with Crippen molar-refractivity contribution in [3.63, 3.8) is 0 Å². The molecule has 1 aliphatic carbocycles. The van der Waals surface area contributed by atoms with Gasteiger partial charge in [-0.25, -0.2) is 9.97 Å². The third-order valence-electron chi connectivity index (χ3n) is 7.84. The molecule has 0 unspecified atom stereocenters. The Bertz CT molecular complexity index is 857. The Morgan fingerprint density at radius 3 is 2.05 bits per heavy atom. The highest BCUT2D eigenvalue weighted by Gasteiger charge is 2.13. The third kappa shape index (κ3) is 12.2. The summed E-state index contributed by atoms with van der Waals surface area (Å²) in [6, 6.07) is 7.54. The summed E-state index contributed by atoms with van der Waals surface area (Å²) in [5, 5.41) is 0. The van der Waals surface area contributed by atoms with Gasteiger partial charge in [-0.05, 0) is 55.0 Å². The van der Waals surface area contributed by atoms with Gasteiger partial charge in [-0.15, -0.1) is 0 Å². The molecule has 3 rings (SSSR count). The standard InChI is InChI=1S/C33H50N2O2/c1-2-3-4-5-6-10-13-20-29-26-34-33(35-27-29)30-22-24-31(25-23-30)37-32(36)21-14-11-8-7-9-12-17-28-18-15-16-19-28/h22-28H,2-21H2,1H3. The number of ether oxygens (including phenoxy) is 1. The van der Waals surface area contributed by atoms with Gasteiger partial charge in [-0.3, -0.25) is 4.79 Å². The maximum atomic E-state index is 12.2. The number of hydrogen-bond acceptors (Lipinski definition) is 4. The van der Waals surface area contributed by atoms with Gasteiger partial charge in [0.25, 0.3) is 0 Å². The van der Waals surface area contributed by atoms with Crippen molar-refractivity contribution in [1.82, 2.24) is 9.97 Å². The van der Waals surface area contributed by atoms with Crippen LogP contribution >= 0.6 is 0 Å². The van der Waals surface area contributed by atoms with E-state index in [4.69, 9.17) is 4.74 Å². The van der Waals surface area contributed by atoms with Crippen LogP contribution in [0.4, 0.5) is 0 Å². The SMILES string of the molecule is CCCCCCCCCc1cnc(-c2ccc(OC(=O)CCCCCCCCC3CCCC3)cc2)nc1. The topological polar surface area (TPSA) is 52.1 Å². The number of carbonyl (C=O) groups excluding carboxylic acids is 1. The van der Waals surface area contributed by atoms with Crippen LogP contribution in [0.5, 0.6) is 5.75 Å². The van der Waals surface area contributed by atoms with E-state index < -0.39 is 0 Å². The number of hydrogen-bond donors (Lipinski definition) is 0. The van der Waals surface area contributed by atoms with Crippen molar-refractivity contribution in [2.75, 3.05) is 0 Å². The number of esters is 1. The molecule has 0 saturated heterocycles. The van der Waals surface area contributed by atoms with Crippen LogP contribution in [0.15, 0.2) is 36.7 Å². The van der Waals surface area contributed by atoms with Crippen LogP contribution < -0.4 is 4.74 Å². The van der Waals surface area contributed by atoms with E-state index in [0.29, 0.717) is 18.0 Å². The quantitative estimate of drug-likeness (QED) is 0.108. The highest BCUT2D eigenvalue weighted by atomic mass is 16.5. The lowest BCUT2D eigenvalue weighted by atomic mass is 9.99. The summed E-state index contributed by atoms with van der Waals surface area (Å²) in [5.41, 5.74) is 2.14. The zero-order valence-electron chi connectivity index (χ0n) is 23.4. The summed E-state index contributed by atoms with van der Waals surface area (Å²) in [6.07, 6.45) is 29.2. The lowest BCUT2D eigenvalue weighted by Gasteiger charge is -2.08. The molecule has 1 saturated carbocycles. The molecule has 37 heavy (non-hydrogen) atoms. The fourth-order valence-corrected chi connectivity index (χ4v) is 5.48. The Kier molecular flexibility index (Phi) is 14.3. The molecule has 204 valence electrons. The predicted octanol–water partition coefficient (Wildman–Crippen LogP) is 9.65. The number of aromatic nitrogens is 2. The highest BCUT2D eigenvalue weighted by Crippen LogP contribution is 2.29. The van der Waals surface area contributed by atoms with Crippen LogP contribution in [0.1, 0.15) is 134 Å². The van der Waals surface area contributed by atoms with Crippen molar-refractivity contribution >= 4 is 5.97 Å². The number of aryl methyl sites for hydroxylation is 1. The fraction of sp³-hybridized carbons (Fsp3) is 0.667. The summed E-state index contributed by atoms with van der Waals surface area (Å²) in [4.78, 5) is 21.3. The van der Waals surface area contributed by atoms with Crippen LogP contribution in [0.25, 0.3) is 11.4 Å². The maximum absolute atomic E-state index is 12.2. The predicted molar refractivity (Wildman–Crippen MR) is 154 cm³/mol. The highest BCUT2D eigenvalue weighted by molar-refractivity contribution is 5.72. The number of nitrogens with zero attached hydrogens (tertiary/aromatic N) is 2. The molecule has 0 spiro atoms. The van der Waals surface area contributed by atoms with Gasteiger partial charge >= 0.3 is 5.97 Å². The number of carbonyl (C=O) groups is 1. The molecular weight excluding hydrogens is 456 g/mol. The van der Waals surface area contributed by atoms with E-state index in [1.54, 1.807) is 0 Å². The van der Waals surface area contributed by atoms with Crippen molar-refractivity contribution in [1.29, 1.82) is 0 Å². The van der Waals surface area contributed by atoms with Crippen LogP contribution in [0, 0.1) is 5.92 Å². The average molecular weight is 507 g/mol. The normalized spacial score (nSPS) is 13.8. The first kappa shape index (κ1) is 29.3. The Hall–Kier alpha value is -2.23. The molecular formula is C33H50N2O2. The molecule has 1 aliphatic rings. The second kappa shape index (κ2) is 18.1. The van der Waals surface area contributed by atoms with Gasteiger partial charge in [0, 0.05) is 24.4 Å². The van der Waals surface area contributed by atoms with E-state index in [1.165, 1.54) is 108 Å². The van der Waals surface area contributed by atoms with Crippen LogP contribution in [0.3, 0.4) is 0 Å². The first-order valence-electron chi connectivity index (χ1n) is 15.4. The van der Waals surface area contributed by atoms with E-state index in [2.05, 4.69) is 16.9 Å². The van der Waals surface area contributed by atoms with Gasteiger partial charge in [-0.1, -0.05) is 110 Å². The molecule has 4 nitrogen and oxygen atoms in total. The van der Waals surface area contributed by atoms with Gasteiger partial charge in [0.15, 0.2) is 5.82 Å². The van der Waals surface area contributed by atoms with E-state index in [1.807, 2.05) is 36.7 Å². The summed E-state index contributed by atoms with van der Waals surface area (Å²) in [7, 11) is 0. The van der Waals surface area contributed by atoms with Gasteiger partial charge < -0.3 is 4.74 Å². The van der Waals surface area contributed by atoms with E-state index in [-0.39, 0.29) is 5.97 Å². The van der Waals surface area contributed by atoms with Crippen molar-refractivity contribution in [3.05, 3.63) is 42.2 Å². The first-order valence-corrected chi connectivity index (χ1v) is 15.4. The fourth-order valence-electron chi connectivity index (χ4n) is 5.48. The lowest BCUT2D eigenvalue weighted by molar-refractivity contribution is -0.134. The molecule has 1 fully saturated rings. The minimum absolute atomic E-state index is 0.139. The van der Waals surface area contributed by atoms with Crippen LogP contribution in [-0.4, -0.2) is 15.9 Å². The number of benzene rings is 1. The minimum Gasteiger partial charge on any atom is -0.427 e. The van der Waals surface area contributed by atoms with Crippen molar-refractivity contribution in [3.8, 4) is 17.1 Å². The zero-order valence-corrected chi connectivity index (χ0v) is 23.4. The summed E-state index contributed by atoms with van der Waals surface area (Å²) in [6.45, 7) is 2.26. The monoisotopic (exact) mass is 506 g/mol. The second-order valence-electron chi connectivity index (χ2n) is 11.1. The van der Waals surface area contributed by atoms with Crippen LogP contribution in [0.2, 0.25) is 0 Å². The molecule has 0 radical (unpaired) electrons. The molecule has 4 heteroatoms. The molecule has 0 N–H and O–H groups in total. The Morgan fingerprint density at radius 2 is 1.38 bits per heavy atom. The zero-order chi connectivity index (χ0) is 26.0. The van der Waals surface area contributed by atoms with Crippen molar-refractivity contribution in [2.45, 2.75) is 135 Å². The Morgan fingerprint density at radius 1 is 0.784 bits per heavy atom. The van der Waals surface area contributed by atoms with Gasteiger partial charge in [-0.2, -0.15) is 0 Å². The minimum atomic E-state index is -0.139. The van der Waals surface area contributed by atoms with Crippen LogP contribution in [-0.2, 0) is 11.2 Å². The molecule has 0 amide bonds. The molecule has 1 aromatic heterocycles. The van der Waals surface area contributed by atoms with E-state index >= 15 is 0 Å². The summed E-state index contributed by atoms with van der Waals surface area (Å²) in [5.74, 6) is 2.18. The molecule has 1 aromatic carbocycles. The lowest BCUT2D eigenvalue weighted by Crippen LogP contribution is -2.07. The smallest absolute Gasteiger partial charge is 0.311 e. The van der Waals surface area contributed by atoms with Crippen molar-refractivity contribution in [2.24, 2.45) is 5.92 Å². The molecule has 1 heterocycles. The molecule has 2 aromatic rings. The first-order chi connectivity index (χ1) is 18.2. The average Bonchev–Trinajstić information content (AvgIpc) is 3.44. The van der Waals surface area contributed by atoms with Gasteiger partial charge in [0.1, 0.15) is 5.75 Å². The van der Waals surface area contributed by atoms with E-state index in [9.17, 15) is 4.79 Å². The summed E-state index contributed by atoms with van der Waals surface area (Å²) < 4.78 is 5.53. The molecule has 0 atom stereocenters. The Labute approximate surface area is 226 Å². The number of unbranched alkanes of at least 4 members (excludes halogenated alkanes) is 11. The Balaban J connectivity index is 1.25. The van der Waals surface area contributed by atoms with Gasteiger partial charge in [0.05, 0.1) is 0 Å². The largest absolute Gasteiger partial charge is 0.427 e. The van der Waals surface area contributed by atoms with Gasteiger partial charge in [0.2, 0.25) is 0 Å². The second-order valence-corrected chi connectivity index (χ2v) is 11.1. The molecule has 0 bridgehead atoms. The number of rotatable bonds is 19. The summed E-state index contributed by atoms with van der Waals surface area (Å²) >= 11 is 0. The third-order valence-corrected chi connectivity index (χ3v) is 7.84. The molecule has 0 aliphatic heterocycles.